The number of rotatable bonds is 2. The Morgan fingerprint density at radius 3 is 2.63 bits per heavy atom. The summed E-state index contributed by atoms with van der Waals surface area (Å²) in [6, 6.07) is 9.67. The Labute approximate surface area is 116 Å². The minimum absolute atomic E-state index is 0.246. The molecule has 1 amide bonds. The zero-order valence-corrected chi connectivity index (χ0v) is 11.7. The number of benzene rings is 1. The molecule has 0 saturated heterocycles. The Bertz CT molecular complexity index is 554. The smallest absolute Gasteiger partial charge is 0.228 e. The number of allylic oxidation sites excluding steroid dienone is 3. The molecule has 0 radical (unpaired) electrons. The van der Waals surface area contributed by atoms with Crippen LogP contribution in [0.15, 0.2) is 48.6 Å². The second-order valence-electron chi connectivity index (χ2n) is 5.76. The van der Waals surface area contributed by atoms with E-state index in [1.807, 2.05) is 69.3 Å². The second kappa shape index (κ2) is 5.43. The van der Waals surface area contributed by atoms with Crippen molar-refractivity contribution in [1.82, 2.24) is 5.32 Å². The molecular formula is C17H21NO. The molecule has 1 atom stereocenters. The number of carbonyl (C=O) groups is 1. The van der Waals surface area contributed by atoms with E-state index >= 15 is 0 Å². The van der Waals surface area contributed by atoms with Gasteiger partial charge in [0.25, 0.3) is 0 Å². The summed E-state index contributed by atoms with van der Waals surface area (Å²) in [6.45, 7) is 5.79. The Morgan fingerprint density at radius 1 is 1.32 bits per heavy atom. The van der Waals surface area contributed by atoms with Crippen LogP contribution in [0.4, 0.5) is 0 Å². The Morgan fingerprint density at radius 2 is 2.00 bits per heavy atom. The molecule has 0 fully saturated rings. The molecule has 0 bridgehead atoms. The summed E-state index contributed by atoms with van der Waals surface area (Å²) < 4.78 is 8.67. The molecule has 100 valence electrons. The van der Waals surface area contributed by atoms with Gasteiger partial charge >= 0.3 is 0 Å². The fourth-order valence-electron chi connectivity index (χ4n) is 2.08. The maximum Gasteiger partial charge on any atom is 0.228 e. The maximum absolute atomic E-state index is 12.5. The highest BCUT2D eigenvalue weighted by Gasteiger charge is 2.26. The van der Waals surface area contributed by atoms with Gasteiger partial charge in [-0.25, -0.2) is 0 Å². The van der Waals surface area contributed by atoms with Crippen LogP contribution in [0.3, 0.4) is 0 Å². The first kappa shape index (κ1) is 12.2. The maximum atomic E-state index is 12.5. The Hall–Kier alpha value is -1.83. The largest absolute Gasteiger partial charge is 0.351 e. The third-order valence-electron chi connectivity index (χ3n) is 2.89. The lowest BCUT2D eigenvalue weighted by Gasteiger charge is -2.27. The lowest BCUT2D eigenvalue weighted by atomic mass is 9.85. The van der Waals surface area contributed by atoms with Crippen LogP contribution in [0.2, 0.25) is 0 Å². The van der Waals surface area contributed by atoms with Crippen LogP contribution >= 0.6 is 0 Å². The van der Waals surface area contributed by atoms with Gasteiger partial charge in [-0.05, 0) is 38.3 Å². The molecule has 1 aromatic carbocycles. The SMILES string of the molecule is [2H]C1(C(=O)NC(C)(C)C)CC=CC=C1c1ccccc1. The monoisotopic (exact) mass is 256 g/mol. The van der Waals surface area contributed by atoms with Crippen LogP contribution in [-0.4, -0.2) is 11.4 Å². The van der Waals surface area contributed by atoms with Crippen LogP contribution in [0, 0.1) is 5.89 Å². The van der Waals surface area contributed by atoms with Crippen molar-refractivity contribution in [3.8, 4) is 0 Å². The van der Waals surface area contributed by atoms with Crippen LogP contribution in [0.1, 0.15) is 34.1 Å². The molecule has 1 N–H and O–H groups in total. The average molecular weight is 256 g/mol. The van der Waals surface area contributed by atoms with E-state index in [2.05, 4.69) is 5.32 Å². The molecule has 2 rings (SSSR count). The van der Waals surface area contributed by atoms with Crippen LogP contribution in [-0.2, 0) is 4.79 Å². The minimum Gasteiger partial charge on any atom is -0.351 e. The van der Waals surface area contributed by atoms with Gasteiger partial charge in [-0.1, -0.05) is 48.6 Å². The van der Waals surface area contributed by atoms with E-state index in [1.165, 1.54) is 0 Å². The molecule has 1 aromatic rings. The Balaban J connectivity index is 2.37. The fraction of sp³-hybridized carbons (Fsp3) is 0.353. The third kappa shape index (κ3) is 3.57. The van der Waals surface area contributed by atoms with Crippen LogP contribution in [0.5, 0.6) is 0 Å². The van der Waals surface area contributed by atoms with Gasteiger partial charge in [0, 0.05) is 6.91 Å². The van der Waals surface area contributed by atoms with Crippen molar-refractivity contribution < 1.29 is 6.17 Å². The summed E-state index contributed by atoms with van der Waals surface area (Å²) in [6.07, 6.45) is 6.06. The van der Waals surface area contributed by atoms with E-state index < -0.39 is 5.89 Å². The van der Waals surface area contributed by atoms with E-state index in [0.29, 0.717) is 6.42 Å². The predicted molar refractivity (Wildman–Crippen MR) is 79.6 cm³/mol. The van der Waals surface area contributed by atoms with Gasteiger partial charge in [-0.3, -0.25) is 4.79 Å². The van der Waals surface area contributed by atoms with E-state index in [9.17, 15) is 4.79 Å². The quantitative estimate of drug-likeness (QED) is 0.861. The molecule has 1 aliphatic carbocycles. The van der Waals surface area contributed by atoms with Gasteiger partial charge in [0.1, 0.15) is 0 Å². The predicted octanol–water partition coefficient (Wildman–Crippen LogP) is 3.56. The van der Waals surface area contributed by atoms with Gasteiger partial charge in [0.2, 0.25) is 5.91 Å². The summed E-state index contributed by atoms with van der Waals surface area (Å²) in [7, 11) is 0. The fourth-order valence-corrected chi connectivity index (χ4v) is 2.08. The topological polar surface area (TPSA) is 29.1 Å². The lowest BCUT2D eigenvalue weighted by Crippen LogP contribution is -2.44. The van der Waals surface area contributed by atoms with Crippen molar-refractivity contribution in [3.05, 3.63) is 54.1 Å². The first-order chi connectivity index (χ1) is 9.33. The van der Waals surface area contributed by atoms with Crippen molar-refractivity contribution in [3.63, 3.8) is 0 Å². The van der Waals surface area contributed by atoms with Crippen LogP contribution < -0.4 is 5.32 Å². The summed E-state index contributed by atoms with van der Waals surface area (Å²) >= 11 is 0. The molecule has 2 heteroatoms. The second-order valence-corrected chi connectivity index (χ2v) is 5.76. The number of amides is 1. The molecule has 0 heterocycles. The number of hydrogen-bond acceptors (Lipinski definition) is 1. The molecule has 0 saturated carbocycles. The summed E-state index contributed by atoms with van der Waals surface area (Å²) in [5, 5.41) is 2.93. The molecule has 0 aliphatic heterocycles. The molecule has 1 unspecified atom stereocenters. The van der Waals surface area contributed by atoms with Gasteiger partial charge < -0.3 is 5.32 Å². The van der Waals surface area contributed by atoms with Crippen molar-refractivity contribution in [2.24, 2.45) is 5.89 Å². The van der Waals surface area contributed by atoms with E-state index in [0.717, 1.165) is 11.1 Å². The summed E-state index contributed by atoms with van der Waals surface area (Å²) in [4.78, 5) is 12.5. The third-order valence-corrected chi connectivity index (χ3v) is 2.89. The first-order valence-electron chi connectivity index (χ1n) is 7.08. The van der Waals surface area contributed by atoms with Gasteiger partial charge in [0.05, 0.1) is 5.89 Å². The zero-order valence-electron chi connectivity index (χ0n) is 12.7. The van der Waals surface area contributed by atoms with Gasteiger partial charge in [-0.15, -0.1) is 0 Å². The molecule has 0 aromatic heterocycles. The van der Waals surface area contributed by atoms with Crippen molar-refractivity contribution in [1.29, 1.82) is 0 Å². The highest BCUT2D eigenvalue weighted by atomic mass is 16.2. The molecule has 0 spiro atoms. The Kier molecular flexibility index (Phi) is 3.49. The lowest BCUT2D eigenvalue weighted by molar-refractivity contribution is -0.124. The van der Waals surface area contributed by atoms with Gasteiger partial charge in [0.15, 0.2) is 0 Å². The number of nitrogens with one attached hydrogen (secondary N) is 1. The highest BCUT2D eigenvalue weighted by molar-refractivity contribution is 5.93. The molecule has 2 nitrogen and oxygen atoms in total. The average Bonchev–Trinajstić information content (AvgIpc) is 2.38. The van der Waals surface area contributed by atoms with E-state index in [1.54, 1.807) is 0 Å². The normalized spacial score (nSPS) is 23.5. The van der Waals surface area contributed by atoms with Crippen molar-refractivity contribution >= 4 is 11.5 Å². The molecule has 1 aliphatic rings. The summed E-state index contributed by atoms with van der Waals surface area (Å²) in [5.41, 5.74) is 1.34. The van der Waals surface area contributed by atoms with E-state index in [4.69, 9.17) is 1.37 Å². The zero-order chi connectivity index (χ0) is 14.8. The standard InChI is InChI=1S/C17H21NO/c1-17(2,3)18-16(19)15-12-8-7-11-14(15)13-9-5-4-6-10-13/h4-11,15H,12H2,1-3H3,(H,18,19)/i15D. The van der Waals surface area contributed by atoms with E-state index in [-0.39, 0.29) is 11.4 Å². The number of carbonyl (C=O) groups excluding carboxylic acids is 1. The highest BCUT2D eigenvalue weighted by Crippen LogP contribution is 2.30. The first-order valence-corrected chi connectivity index (χ1v) is 6.58. The van der Waals surface area contributed by atoms with Crippen molar-refractivity contribution in [2.45, 2.75) is 32.7 Å². The molecule has 19 heavy (non-hydrogen) atoms. The number of hydrogen-bond donors (Lipinski definition) is 1. The molecular weight excluding hydrogens is 234 g/mol. The van der Waals surface area contributed by atoms with Gasteiger partial charge in [-0.2, -0.15) is 0 Å². The summed E-state index contributed by atoms with van der Waals surface area (Å²) in [5.74, 6) is -1.51. The van der Waals surface area contributed by atoms with Crippen LogP contribution in [0.25, 0.3) is 5.57 Å². The minimum atomic E-state index is -1.26. The van der Waals surface area contributed by atoms with Crippen molar-refractivity contribution in [2.75, 3.05) is 0 Å².